The number of hydrogen-bond acceptors (Lipinski definition) is 5. The van der Waals surface area contributed by atoms with Crippen molar-refractivity contribution in [1.29, 1.82) is 0 Å². The van der Waals surface area contributed by atoms with Crippen LogP contribution in [0, 0.1) is 5.41 Å². The molecule has 18 heavy (non-hydrogen) atoms. The van der Waals surface area contributed by atoms with Gasteiger partial charge in [-0.05, 0) is 29.9 Å². The Bertz CT molecular complexity index is 389. The second-order valence-corrected chi connectivity index (χ2v) is 5.29. The molecule has 0 radical (unpaired) electrons. The Morgan fingerprint density at radius 1 is 1.17 bits per heavy atom. The number of rotatable bonds is 3. The topological polar surface area (TPSA) is 67.9 Å². The molecule has 1 aromatic heterocycles. The summed E-state index contributed by atoms with van der Waals surface area (Å²) in [6.45, 7) is 6.47. The molecule has 1 aliphatic rings. The fourth-order valence-electron chi connectivity index (χ4n) is 2.63. The summed E-state index contributed by atoms with van der Waals surface area (Å²) in [5.41, 5.74) is 6.08. The van der Waals surface area contributed by atoms with Gasteiger partial charge < -0.3 is 10.6 Å². The second-order valence-electron chi connectivity index (χ2n) is 4.96. The maximum Gasteiger partial charge on any atom is 0.231 e. The van der Waals surface area contributed by atoms with E-state index >= 15 is 0 Å². The van der Waals surface area contributed by atoms with E-state index in [1.54, 1.807) is 0 Å². The predicted octanol–water partition coefficient (Wildman–Crippen LogP) is 2.51. The summed E-state index contributed by atoms with van der Waals surface area (Å²) >= 11 is 5.81. The van der Waals surface area contributed by atoms with Crippen LogP contribution in [0.15, 0.2) is 0 Å². The van der Waals surface area contributed by atoms with Crippen LogP contribution in [0.4, 0.5) is 11.9 Å². The maximum absolute atomic E-state index is 5.81. The molecule has 0 bridgehead atoms. The number of anilines is 2. The van der Waals surface area contributed by atoms with Crippen molar-refractivity contribution in [3.63, 3.8) is 0 Å². The molecule has 0 unspecified atom stereocenters. The van der Waals surface area contributed by atoms with Gasteiger partial charge in [0, 0.05) is 13.1 Å². The third kappa shape index (κ3) is 2.66. The number of nitrogens with zero attached hydrogens (tertiary/aromatic N) is 4. The molecule has 2 heterocycles. The van der Waals surface area contributed by atoms with E-state index in [2.05, 4.69) is 33.7 Å². The highest BCUT2D eigenvalue weighted by Gasteiger charge is 2.32. The lowest BCUT2D eigenvalue weighted by molar-refractivity contribution is 0.198. The number of nitrogen functional groups attached to an aromatic ring is 1. The lowest BCUT2D eigenvalue weighted by atomic mass is 9.74. The summed E-state index contributed by atoms with van der Waals surface area (Å²) in [6.07, 6.45) is 4.81. The van der Waals surface area contributed by atoms with E-state index in [4.69, 9.17) is 17.3 Å². The van der Waals surface area contributed by atoms with Gasteiger partial charge in [-0.2, -0.15) is 15.0 Å². The summed E-state index contributed by atoms with van der Waals surface area (Å²) in [5, 5.41) is 0.167. The molecule has 1 aliphatic heterocycles. The van der Waals surface area contributed by atoms with Crippen LogP contribution in [0.25, 0.3) is 0 Å². The quantitative estimate of drug-likeness (QED) is 0.913. The van der Waals surface area contributed by atoms with E-state index in [1.807, 2.05) is 0 Å². The Morgan fingerprint density at radius 3 is 2.28 bits per heavy atom. The first-order chi connectivity index (χ1) is 8.58. The fourth-order valence-corrected chi connectivity index (χ4v) is 2.80. The van der Waals surface area contributed by atoms with Gasteiger partial charge in [0.15, 0.2) is 0 Å². The smallest absolute Gasteiger partial charge is 0.231 e. The average Bonchev–Trinajstić information content (AvgIpc) is 2.38. The lowest BCUT2D eigenvalue weighted by Crippen LogP contribution is -2.40. The minimum Gasteiger partial charge on any atom is -0.368 e. The normalized spacial score (nSPS) is 18.9. The van der Waals surface area contributed by atoms with Crippen molar-refractivity contribution in [3.8, 4) is 0 Å². The van der Waals surface area contributed by atoms with Crippen LogP contribution in [0.1, 0.15) is 39.5 Å². The molecular formula is C12H20ClN5. The summed E-state index contributed by atoms with van der Waals surface area (Å²) in [7, 11) is 0. The van der Waals surface area contributed by atoms with Crippen LogP contribution < -0.4 is 10.6 Å². The maximum atomic E-state index is 5.81. The van der Waals surface area contributed by atoms with Gasteiger partial charge in [0.25, 0.3) is 0 Å². The molecule has 1 saturated heterocycles. The molecular weight excluding hydrogens is 250 g/mol. The Kier molecular flexibility index (Phi) is 3.90. The van der Waals surface area contributed by atoms with Gasteiger partial charge in [-0.15, -0.1) is 0 Å². The number of aromatic nitrogens is 3. The standard InChI is InChI=1S/C12H20ClN5/c1-3-12(4-2)5-7-18(8-6-12)11-16-9(13)15-10(14)17-11/h3-8H2,1-2H3,(H2,14,15,16,17). The number of piperidine rings is 1. The molecule has 6 heteroatoms. The molecule has 0 saturated carbocycles. The van der Waals surface area contributed by atoms with Gasteiger partial charge in [0.2, 0.25) is 17.2 Å². The molecule has 2 N–H and O–H groups in total. The SMILES string of the molecule is CCC1(CC)CCN(c2nc(N)nc(Cl)n2)CC1. The average molecular weight is 270 g/mol. The molecule has 0 spiro atoms. The van der Waals surface area contributed by atoms with Crippen molar-refractivity contribution in [2.24, 2.45) is 5.41 Å². The van der Waals surface area contributed by atoms with Crippen LogP contribution in [0.3, 0.4) is 0 Å². The molecule has 0 aliphatic carbocycles. The minimum atomic E-state index is 0.167. The van der Waals surface area contributed by atoms with E-state index in [-0.39, 0.29) is 11.2 Å². The van der Waals surface area contributed by atoms with Gasteiger partial charge in [0.05, 0.1) is 0 Å². The van der Waals surface area contributed by atoms with E-state index in [1.165, 1.54) is 25.7 Å². The van der Waals surface area contributed by atoms with Crippen molar-refractivity contribution in [2.45, 2.75) is 39.5 Å². The van der Waals surface area contributed by atoms with Crippen molar-refractivity contribution in [3.05, 3.63) is 5.28 Å². The highest BCUT2D eigenvalue weighted by atomic mass is 35.5. The summed E-state index contributed by atoms with van der Waals surface area (Å²) in [5.74, 6) is 0.793. The van der Waals surface area contributed by atoms with Gasteiger partial charge in [-0.3, -0.25) is 0 Å². The summed E-state index contributed by atoms with van der Waals surface area (Å²) < 4.78 is 0. The van der Waals surface area contributed by atoms with Gasteiger partial charge in [0.1, 0.15) is 0 Å². The van der Waals surface area contributed by atoms with Crippen LogP contribution in [-0.4, -0.2) is 28.0 Å². The Morgan fingerprint density at radius 2 is 1.78 bits per heavy atom. The molecule has 0 amide bonds. The first kappa shape index (κ1) is 13.3. The minimum absolute atomic E-state index is 0.167. The Hall–Kier alpha value is -1.10. The monoisotopic (exact) mass is 269 g/mol. The summed E-state index contributed by atoms with van der Waals surface area (Å²) in [6, 6.07) is 0. The molecule has 1 aromatic rings. The number of hydrogen-bond donors (Lipinski definition) is 1. The van der Waals surface area contributed by atoms with E-state index < -0.39 is 0 Å². The van der Waals surface area contributed by atoms with Crippen molar-refractivity contribution in [2.75, 3.05) is 23.7 Å². The van der Waals surface area contributed by atoms with Crippen LogP contribution in [0.2, 0.25) is 5.28 Å². The molecule has 0 aromatic carbocycles. The van der Waals surface area contributed by atoms with Gasteiger partial charge in [-0.25, -0.2) is 0 Å². The van der Waals surface area contributed by atoms with E-state index in [0.29, 0.717) is 11.4 Å². The van der Waals surface area contributed by atoms with Crippen LogP contribution >= 0.6 is 11.6 Å². The zero-order chi connectivity index (χ0) is 13.2. The largest absolute Gasteiger partial charge is 0.368 e. The van der Waals surface area contributed by atoms with E-state index in [9.17, 15) is 0 Å². The molecule has 5 nitrogen and oxygen atoms in total. The van der Waals surface area contributed by atoms with Crippen LogP contribution in [-0.2, 0) is 0 Å². The second kappa shape index (κ2) is 5.26. The lowest BCUT2D eigenvalue weighted by Gasteiger charge is -2.40. The molecule has 1 fully saturated rings. The van der Waals surface area contributed by atoms with Gasteiger partial charge >= 0.3 is 0 Å². The highest BCUT2D eigenvalue weighted by molar-refractivity contribution is 6.28. The Labute approximate surface area is 113 Å². The molecule has 100 valence electrons. The zero-order valence-electron chi connectivity index (χ0n) is 11.0. The molecule has 2 rings (SSSR count). The van der Waals surface area contributed by atoms with E-state index in [0.717, 1.165) is 13.1 Å². The third-order valence-electron chi connectivity index (χ3n) is 4.22. The van der Waals surface area contributed by atoms with Crippen molar-refractivity contribution in [1.82, 2.24) is 15.0 Å². The fraction of sp³-hybridized carbons (Fsp3) is 0.750. The highest BCUT2D eigenvalue weighted by Crippen LogP contribution is 2.38. The van der Waals surface area contributed by atoms with Crippen LogP contribution in [0.5, 0.6) is 0 Å². The number of halogens is 1. The zero-order valence-corrected chi connectivity index (χ0v) is 11.7. The van der Waals surface area contributed by atoms with Crippen molar-refractivity contribution < 1.29 is 0 Å². The first-order valence-corrected chi connectivity index (χ1v) is 6.88. The predicted molar refractivity (Wildman–Crippen MR) is 73.7 cm³/mol. The molecule has 0 atom stereocenters. The first-order valence-electron chi connectivity index (χ1n) is 6.50. The van der Waals surface area contributed by atoms with Crippen molar-refractivity contribution >= 4 is 23.5 Å². The summed E-state index contributed by atoms with van der Waals surface area (Å²) in [4.78, 5) is 14.2. The Balaban J connectivity index is 2.09. The third-order valence-corrected chi connectivity index (χ3v) is 4.39. The number of nitrogens with two attached hydrogens (primary N) is 1. The van der Waals surface area contributed by atoms with Gasteiger partial charge in [-0.1, -0.05) is 26.7 Å².